The van der Waals surface area contributed by atoms with Gasteiger partial charge in [0.1, 0.15) is 0 Å². The van der Waals surface area contributed by atoms with E-state index in [1.807, 2.05) is 42.5 Å². The number of para-hydroxylation sites is 1. The van der Waals surface area contributed by atoms with Gasteiger partial charge in [-0.05, 0) is 65.2 Å². The molecule has 0 spiro atoms. The van der Waals surface area contributed by atoms with Crippen LogP contribution in [0.3, 0.4) is 0 Å². The number of nitriles is 1. The van der Waals surface area contributed by atoms with Crippen molar-refractivity contribution in [2.45, 2.75) is 6.04 Å². The molecule has 0 aliphatic heterocycles. The molecule has 4 nitrogen and oxygen atoms in total. The Labute approximate surface area is 243 Å². The number of aromatic nitrogens is 2. The molecule has 1 aliphatic rings. The minimum Gasteiger partial charge on any atom is -0.310 e. The number of hydrogen-bond donors (Lipinski definition) is 0. The van der Waals surface area contributed by atoms with Crippen LogP contribution in [-0.4, -0.2) is 4.57 Å². The Morgan fingerprint density at radius 1 is 0.690 bits per heavy atom. The lowest BCUT2D eigenvalue weighted by Crippen LogP contribution is -2.39. The summed E-state index contributed by atoms with van der Waals surface area (Å²) in [6.45, 7) is 7.92. The molecule has 0 saturated carbocycles. The maximum Gasteiger partial charge on any atom is 0.210 e. The van der Waals surface area contributed by atoms with E-state index in [4.69, 9.17) is 6.57 Å². The minimum absolute atomic E-state index is 0.0764. The lowest BCUT2D eigenvalue weighted by atomic mass is 10.0. The number of benzene rings is 5. The average Bonchev–Trinajstić information content (AvgIpc) is 3.57. The zero-order chi connectivity index (χ0) is 28.2. The standard InChI is InChI=1S/C38H23N4/c1-40-28-20-27(21-29(22-28)42-36-15-7-6-12-32(36)35-19-25(23-39)16-17-37(35)42)26-9-8-18-41(24-26)38-33-13-4-2-10-30(33)31-11-3-5-14-34(31)38/h2-22,24,38H/q+1. The van der Waals surface area contributed by atoms with Gasteiger partial charge < -0.3 is 4.57 Å². The summed E-state index contributed by atoms with van der Waals surface area (Å²) in [7, 11) is 0. The van der Waals surface area contributed by atoms with Crippen molar-refractivity contribution in [3.8, 4) is 34.0 Å². The van der Waals surface area contributed by atoms with Crippen molar-refractivity contribution < 1.29 is 4.57 Å². The summed E-state index contributed by atoms with van der Waals surface area (Å²) in [5.41, 5.74) is 11.3. The van der Waals surface area contributed by atoms with E-state index in [-0.39, 0.29) is 6.04 Å². The van der Waals surface area contributed by atoms with E-state index in [0.29, 0.717) is 11.3 Å². The monoisotopic (exact) mass is 535 g/mol. The van der Waals surface area contributed by atoms with Crippen LogP contribution in [0.4, 0.5) is 5.69 Å². The van der Waals surface area contributed by atoms with Crippen molar-refractivity contribution in [3.05, 3.63) is 162 Å². The van der Waals surface area contributed by atoms with Crippen LogP contribution >= 0.6 is 0 Å². The number of pyridine rings is 1. The quantitative estimate of drug-likeness (QED) is 0.165. The summed E-state index contributed by atoms with van der Waals surface area (Å²) in [5, 5.41) is 11.6. The summed E-state index contributed by atoms with van der Waals surface area (Å²) in [6, 6.07) is 43.9. The van der Waals surface area contributed by atoms with Gasteiger partial charge in [-0.15, -0.1) is 0 Å². The van der Waals surface area contributed by atoms with E-state index < -0.39 is 0 Å². The van der Waals surface area contributed by atoms with Gasteiger partial charge in [0.05, 0.1) is 29.2 Å². The third-order valence-corrected chi connectivity index (χ3v) is 8.35. The van der Waals surface area contributed by atoms with Gasteiger partial charge in [-0.2, -0.15) is 9.83 Å². The molecular weight excluding hydrogens is 512 g/mol. The molecule has 0 N–H and O–H groups in total. The van der Waals surface area contributed by atoms with Crippen LogP contribution in [0, 0.1) is 17.9 Å². The Kier molecular flexibility index (Phi) is 5.29. The van der Waals surface area contributed by atoms with Crippen LogP contribution in [0.2, 0.25) is 0 Å². The average molecular weight is 536 g/mol. The van der Waals surface area contributed by atoms with Gasteiger partial charge in [-0.25, -0.2) is 4.85 Å². The molecule has 0 amide bonds. The van der Waals surface area contributed by atoms with E-state index in [1.165, 1.54) is 22.3 Å². The van der Waals surface area contributed by atoms with Crippen LogP contribution in [0.15, 0.2) is 134 Å². The van der Waals surface area contributed by atoms with Crippen LogP contribution in [0.5, 0.6) is 0 Å². The summed E-state index contributed by atoms with van der Waals surface area (Å²) in [4.78, 5) is 3.86. The number of fused-ring (bicyclic) bond motifs is 6. The number of hydrogen-bond acceptors (Lipinski definition) is 1. The molecule has 2 heterocycles. The van der Waals surface area contributed by atoms with Gasteiger partial charge >= 0.3 is 0 Å². The second-order valence-corrected chi connectivity index (χ2v) is 10.7. The number of rotatable bonds is 3. The molecule has 0 saturated heterocycles. The highest BCUT2D eigenvalue weighted by atomic mass is 15.0. The third-order valence-electron chi connectivity index (χ3n) is 8.35. The molecule has 7 aromatic rings. The highest BCUT2D eigenvalue weighted by Crippen LogP contribution is 2.43. The predicted octanol–water partition coefficient (Wildman–Crippen LogP) is 8.78. The molecular formula is C38H23N4+. The van der Waals surface area contributed by atoms with Crippen molar-refractivity contribution in [3.63, 3.8) is 0 Å². The topological polar surface area (TPSA) is 37.0 Å². The smallest absolute Gasteiger partial charge is 0.210 e. The molecule has 1 aliphatic carbocycles. The molecule has 0 atom stereocenters. The first-order valence-electron chi connectivity index (χ1n) is 13.9. The Morgan fingerprint density at radius 2 is 1.40 bits per heavy atom. The molecule has 0 fully saturated rings. The SMILES string of the molecule is [C-]#[N+]c1cc(-c2ccc[n+](C3c4ccccc4-c4ccccc43)c2)cc(-n2c3ccccc3c3cc(C#N)ccc32)c1. The first kappa shape index (κ1) is 23.9. The van der Waals surface area contributed by atoms with Gasteiger partial charge in [0.15, 0.2) is 18.1 Å². The number of nitrogens with zero attached hydrogens (tertiary/aromatic N) is 4. The molecule has 8 rings (SSSR count). The van der Waals surface area contributed by atoms with E-state index in [0.717, 1.165) is 38.6 Å². The highest BCUT2D eigenvalue weighted by Gasteiger charge is 2.35. The zero-order valence-electron chi connectivity index (χ0n) is 22.6. The second-order valence-electron chi connectivity index (χ2n) is 10.7. The van der Waals surface area contributed by atoms with Crippen LogP contribution in [0.1, 0.15) is 22.7 Å². The van der Waals surface area contributed by atoms with Crippen LogP contribution in [0.25, 0.3) is 54.6 Å². The third kappa shape index (κ3) is 3.57. The molecule has 42 heavy (non-hydrogen) atoms. The molecule has 5 aromatic carbocycles. The Morgan fingerprint density at radius 3 is 2.17 bits per heavy atom. The molecule has 0 bridgehead atoms. The summed E-state index contributed by atoms with van der Waals surface area (Å²) in [6.07, 6.45) is 4.33. The molecule has 0 unspecified atom stereocenters. The fourth-order valence-electron chi connectivity index (χ4n) is 6.55. The van der Waals surface area contributed by atoms with Gasteiger partial charge in [-0.3, -0.25) is 0 Å². The maximum absolute atomic E-state index is 9.54. The van der Waals surface area contributed by atoms with E-state index >= 15 is 0 Å². The van der Waals surface area contributed by atoms with Crippen molar-refractivity contribution in [2.24, 2.45) is 0 Å². The van der Waals surface area contributed by atoms with E-state index in [1.54, 1.807) is 0 Å². The van der Waals surface area contributed by atoms with Crippen molar-refractivity contribution >= 4 is 27.5 Å². The molecule has 194 valence electrons. The fourth-order valence-corrected chi connectivity index (χ4v) is 6.55. The highest BCUT2D eigenvalue weighted by molar-refractivity contribution is 6.09. The van der Waals surface area contributed by atoms with Gasteiger partial charge in [-0.1, -0.05) is 66.7 Å². The first-order valence-corrected chi connectivity index (χ1v) is 13.9. The summed E-state index contributed by atoms with van der Waals surface area (Å²) < 4.78 is 4.48. The van der Waals surface area contributed by atoms with E-state index in [9.17, 15) is 5.26 Å². The molecule has 4 heteroatoms. The van der Waals surface area contributed by atoms with Crippen molar-refractivity contribution in [1.29, 1.82) is 5.26 Å². The van der Waals surface area contributed by atoms with Crippen molar-refractivity contribution in [1.82, 2.24) is 4.57 Å². The largest absolute Gasteiger partial charge is 0.310 e. The Hall–Kier alpha value is -5.97. The summed E-state index contributed by atoms with van der Waals surface area (Å²) >= 11 is 0. The first-order chi connectivity index (χ1) is 20.7. The van der Waals surface area contributed by atoms with Crippen LogP contribution in [-0.2, 0) is 0 Å². The summed E-state index contributed by atoms with van der Waals surface area (Å²) in [5.74, 6) is 0. The van der Waals surface area contributed by atoms with Gasteiger partial charge in [0.2, 0.25) is 6.04 Å². The van der Waals surface area contributed by atoms with Gasteiger partial charge in [0, 0.05) is 39.2 Å². The van der Waals surface area contributed by atoms with E-state index in [2.05, 4.69) is 111 Å². The maximum atomic E-state index is 9.54. The normalized spacial score (nSPS) is 12.1. The predicted molar refractivity (Wildman–Crippen MR) is 167 cm³/mol. The second kappa shape index (κ2) is 9.30. The van der Waals surface area contributed by atoms with Crippen molar-refractivity contribution in [2.75, 3.05) is 0 Å². The lowest BCUT2D eigenvalue weighted by molar-refractivity contribution is -0.703. The Bertz CT molecular complexity index is 2250. The minimum atomic E-state index is 0.0764. The fraction of sp³-hybridized carbons (Fsp3) is 0.0263. The van der Waals surface area contributed by atoms with Crippen LogP contribution < -0.4 is 4.57 Å². The molecule has 2 aromatic heterocycles. The molecule has 0 radical (unpaired) electrons. The zero-order valence-corrected chi connectivity index (χ0v) is 22.6. The van der Waals surface area contributed by atoms with Gasteiger partial charge in [0.25, 0.3) is 0 Å². The lowest BCUT2D eigenvalue weighted by Gasteiger charge is -2.13. The Balaban J connectivity index is 1.31.